The molecule has 0 aliphatic rings. The minimum atomic E-state index is -0.537. The van der Waals surface area contributed by atoms with E-state index < -0.39 is 6.04 Å². The van der Waals surface area contributed by atoms with Crippen molar-refractivity contribution in [3.8, 4) is 0 Å². The Morgan fingerprint density at radius 3 is 1.77 bits per heavy atom. The van der Waals surface area contributed by atoms with Gasteiger partial charge in [-0.25, -0.2) is 0 Å². The summed E-state index contributed by atoms with van der Waals surface area (Å²) in [6.07, 6.45) is 0. The zero-order valence-electron chi connectivity index (χ0n) is 18.2. The summed E-state index contributed by atoms with van der Waals surface area (Å²) in [5.74, 6) is -0.707. The van der Waals surface area contributed by atoms with Crippen LogP contribution in [0.25, 0.3) is 0 Å². The molecule has 0 saturated heterocycles. The third-order valence-electron chi connectivity index (χ3n) is 4.73. The molecule has 8 nitrogen and oxygen atoms in total. The van der Waals surface area contributed by atoms with Crippen LogP contribution in [0.15, 0.2) is 48.5 Å². The Kier molecular flexibility index (Phi) is 8.45. The van der Waals surface area contributed by atoms with Crippen LogP contribution in [-0.2, 0) is 14.4 Å². The Hall–Kier alpha value is -3.52. The highest BCUT2D eigenvalue weighted by Gasteiger charge is 2.22. The van der Waals surface area contributed by atoms with Gasteiger partial charge in [0.2, 0.25) is 17.7 Å². The van der Waals surface area contributed by atoms with Crippen LogP contribution in [-0.4, -0.2) is 47.5 Å². The molecule has 0 aliphatic carbocycles. The third kappa shape index (κ3) is 7.35. The van der Waals surface area contributed by atoms with Gasteiger partial charge in [-0.3, -0.25) is 24.1 Å². The van der Waals surface area contributed by atoms with E-state index in [1.807, 2.05) is 6.92 Å². The second-order valence-corrected chi connectivity index (χ2v) is 7.17. The zero-order valence-corrected chi connectivity index (χ0v) is 18.2. The number of Topliss-reactive ketones (excluding diaryl/α,β-unsaturated/α-hetero) is 1. The fourth-order valence-corrected chi connectivity index (χ4v) is 2.95. The molecule has 1 atom stereocenters. The summed E-state index contributed by atoms with van der Waals surface area (Å²) in [7, 11) is 0. The predicted octanol–water partition coefficient (Wildman–Crippen LogP) is 3.14. The average Bonchev–Trinajstić information content (AvgIpc) is 2.73. The van der Waals surface area contributed by atoms with Crippen molar-refractivity contribution in [2.45, 2.75) is 33.7 Å². The van der Waals surface area contributed by atoms with E-state index in [9.17, 15) is 19.2 Å². The SMILES string of the molecule is CCN(CC(=O)Nc1ccc(NC(C)=O)cc1)[C@@H](C)C(=O)Nc1ccc(C(C)=O)cc1. The highest BCUT2D eigenvalue weighted by atomic mass is 16.2. The fourth-order valence-electron chi connectivity index (χ4n) is 2.95. The fraction of sp³-hybridized carbons (Fsp3) is 0.304. The standard InChI is InChI=1S/C23H28N4O4/c1-5-27(14-22(30)25-20-12-10-19(11-13-20)24-17(4)29)15(2)23(31)26-21-8-6-18(7-9-21)16(3)28/h6-13,15H,5,14H2,1-4H3,(H,24,29)(H,25,30)(H,26,31)/t15-/m0/s1. The van der Waals surface area contributed by atoms with E-state index in [0.717, 1.165) is 0 Å². The topological polar surface area (TPSA) is 108 Å². The normalized spacial score (nSPS) is 11.5. The van der Waals surface area contributed by atoms with Crippen LogP contribution in [0.5, 0.6) is 0 Å². The van der Waals surface area contributed by atoms with Gasteiger partial charge >= 0.3 is 0 Å². The first kappa shape index (κ1) is 23.8. The van der Waals surface area contributed by atoms with Crippen LogP contribution in [0.2, 0.25) is 0 Å². The van der Waals surface area contributed by atoms with Gasteiger partial charge in [-0.1, -0.05) is 6.92 Å². The van der Waals surface area contributed by atoms with Crippen LogP contribution >= 0.6 is 0 Å². The number of nitrogens with one attached hydrogen (secondary N) is 3. The molecule has 2 rings (SSSR count). The van der Waals surface area contributed by atoms with E-state index in [2.05, 4.69) is 16.0 Å². The van der Waals surface area contributed by atoms with Crippen LogP contribution in [0.1, 0.15) is 38.1 Å². The highest BCUT2D eigenvalue weighted by molar-refractivity contribution is 5.98. The van der Waals surface area contributed by atoms with Crippen molar-refractivity contribution in [2.75, 3.05) is 29.0 Å². The molecule has 0 heterocycles. The molecule has 0 unspecified atom stereocenters. The number of anilines is 3. The molecule has 0 spiro atoms. The zero-order chi connectivity index (χ0) is 23.0. The van der Waals surface area contributed by atoms with Gasteiger partial charge in [0.25, 0.3) is 0 Å². The summed E-state index contributed by atoms with van der Waals surface area (Å²) in [5.41, 5.74) is 2.39. The van der Waals surface area contributed by atoms with Crippen molar-refractivity contribution >= 4 is 40.6 Å². The lowest BCUT2D eigenvalue weighted by Gasteiger charge is -2.26. The number of hydrogen-bond donors (Lipinski definition) is 3. The smallest absolute Gasteiger partial charge is 0.241 e. The van der Waals surface area contributed by atoms with Crippen molar-refractivity contribution in [1.82, 2.24) is 4.90 Å². The Morgan fingerprint density at radius 2 is 1.29 bits per heavy atom. The first-order chi connectivity index (χ1) is 14.7. The van der Waals surface area contributed by atoms with Gasteiger partial charge in [0.05, 0.1) is 12.6 Å². The van der Waals surface area contributed by atoms with Crippen LogP contribution in [0.3, 0.4) is 0 Å². The number of hydrogen-bond acceptors (Lipinski definition) is 5. The summed E-state index contributed by atoms with van der Waals surface area (Å²) in [4.78, 5) is 49.2. The lowest BCUT2D eigenvalue weighted by atomic mass is 10.1. The maximum Gasteiger partial charge on any atom is 0.241 e. The first-order valence-corrected chi connectivity index (χ1v) is 10.0. The first-order valence-electron chi connectivity index (χ1n) is 10.0. The molecule has 0 aromatic heterocycles. The highest BCUT2D eigenvalue weighted by Crippen LogP contribution is 2.14. The number of ketones is 1. The molecular formula is C23H28N4O4. The van der Waals surface area contributed by atoms with E-state index in [-0.39, 0.29) is 30.0 Å². The largest absolute Gasteiger partial charge is 0.326 e. The minimum absolute atomic E-state index is 0.0424. The Morgan fingerprint density at radius 1 is 0.806 bits per heavy atom. The number of rotatable bonds is 9. The average molecular weight is 425 g/mol. The lowest BCUT2D eigenvalue weighted by molar-refractivity contribution is -0.123. The third-order valence-corrected chi connectivity index (χ3v) is 4.73. The molecule has 31 heavy (non-hydrogen) atoms. The predicted molar refractivity (Wildman–Crippen MR) is 121 cm³/mol. The molecule has 3 amide bonds. The van der Waals surface area contributed by atoms with E-state index in [1.165, 1.54) is 13.8 Å². The van der Waals surface area contributed by atoms with Gasteiger partial charge in [0.1, 0.15) is 0 Å². The Bertz CT molecular complexity index is 939. The maximum absolute atomic E-state index is 12.6. The molecule has 0 saturated carbocycles. The lowest BCUT2D eigenvalue weighted by Crippen LogP contribution is -2.45. The van der Waals surface area contributed by atoms with Crippen molar-refractivity contribution in [3.63, 3.8) is 0 Å². The minimum Gasteiger partial charge on any atom is -0.326 e. The van der Waals surface area contributed by atoms with E-state index in [4.69, 9.17) is 0 Å². The number of likely N-dealkylation sites (N-methyl/N-ethyl adjacent to an activating group) is 1. The number of nitrogens with zero attached hydrogens (tertiary/aromatic N) is 1. The second-order valence-electron chi connectivity index (χ2n) is 7.17. The van der Waals surface area contributed by atoms with Gasteiger partial charge in [-0.05, 0) is 68.9 Å². The molecule has 3 N–H and O–H groups in total. The summed E-state index contributed by atoms with van der Waals surface area (Å²) in [5, 5.41) is 8.26. The van der Waals surface area contributed by atoms with Crippen molar-refractivity contribution in [3.05, 3.63) is 54.1 Å². The number of amides is 3. The van der Waals surface area contributed by atoms with Crippen LogP contribution in [0, 0.1) is 0 Å². The molecular weight excluding hydrogens is 396 g/mol. The van der Waals surface area contributed by atoms with E-state index in [0.29, 0.717) is 29.2 Å². The van der Waals surface area contributed by atoms with Gasteiger partial charge < -0.3 is 16.0 Å². The molecule has 0 fully saturated rings. The molecule has 8 heteroatoms. The van der Waals surface area contributed by atoms with Crippen LogP contribution in [0.4, 0.5) is 17.1 Å². The van der Waals surface area contributed by atoms with E-state index >= 15 is 0 Å². The summed E-state index contributed by atoms with van der Waals surface area (Å²) >= 11 is 0. The van der Waals surface area contributed by atoms with Gasteiger partial charge in [0.15, 0.2) is 5.78 Å². The van der Waals surface area contributed by atoms with E-state index in [1.54, 1.807) is 60.4 Å². The summed E-state index contributed by atoms with van der Waals surface area (Å²) in [6.45, 7) is 7.07. The van der Waals surface area contributed by atoms with Gasteiger partial charge in [-0.15, -0.1) is 0 Å². The summed E-state index contributed by atoms with van der Waals surface area (Å²) in [6, 6.07) is 12.9. The Labute approximate surface area is 182 Å². The maximum atomic E-state index is 12.6. The second kappa shape index (κ2) is 11.0. The molecule has 164 valence electrons. The monoisotopic (exact) mass is 424 g/mol. The molecule has 0 aliphatic heterocycles. The molecule has 0 radical (unpaired) electrons. The van der Waals surface area contributed by atoms with Crippen molar-refractivity contribution < 1.29 is 19.2 Å². The van der Waals surface area contributed by atoms with Crippen molar-refractivity contribution in [1.29, 1.82) is 0 Å². The number of carbonyl (C=O) groups is 4. The number of carbonyl (C=O) groups excluding carboxylic acids is 4. The van der Waals surface area contributed by atoms with Crippen LogP contribution < -0.4 is 16.0 Å². The molecule has 2 aromatic carbocycles. The quantitative estimate of drug-likeness (QED) is 0.536. The van der Waals surface area contributed by atoms with Gasteiger partial charge in [-0.2, -0.15) is 0 Å². The van der Waals surface area contributed by atoms with Gasteiger partial charge in [0, 0.05) is 29.5 Å². The number of benzene rings is 2. The molecule has 0 bridgehead atoms. The Balaban J connectivity index is 1.92. The van der Waals surface area contributed by atoms with Crippen molar-refractivity contribution in [2.24, 2.45) is 0 Å². The molecule has 2 aromatic rings. The summed E-state index contributed by atoms with van der Waals surface area (Å²) < 4.78 is 0.